The van der Waals surface area contributed by atoms with Crippen LogP contribution in [-0.4, -0.2) is 19.5 Å². The van der Waals surface area contributed by atoms with Crippen LogP contribution in [0.1, 0.15) is 41.3 Å². The van der Waals surface area contributed by atoms with Gasteiger partial charge in [-0.1, -0.05) is 170 Å². The van der Waals surface area contributed by atoms with Crippen LogP contribution >= 0.6 is 0 Å². The number of allylic oxidation sites excluding steroid dienone is 5. The first-order chi connectivity index (χ1) is 32.2. The van der Waals surface area contributed by atoms with Crippen LogP contribution in [0.5, 0.6) is 0 Å². The van der Waals surface area contributed by atoms with Crippen LogP contribution in [0, 0.1) is 0 Å². The first-order valence-corrected chi connectivity index (χ1v) is 22.7. The minimum absolute atomic E-state index is 0.0996. The van der Waals surface area contributed by atoms with E-state index >= 15 is 0 Å². The summed E-state index contributed by atoms with van der Waals surface area (Å²) >= 11 is 0. The zero-order chi connectivity index (χ0) is 42.8. The lowest BCUT2D eigenvalue weighted by molar-refractivity contribution is 0.764. The average molecular weight is 831 g/mol. The Labute approximate surface area is 377 Å². The summed E-state index contributed by atoms with van der Waals surface area (Å²) in [6, 6.07) is 66.4. The van der Waals surface area contributed by atoms with E-state index in [2.05, 4.69) is 199 Å². The van der Waals surface area contributed by atoms with Crippen molar-refractivity contribution in [2.45, 2.75) is 25.2 Å². The minimum atomic E-state index is 0.0996. The molecule has 2 heterocycles. The molecule has 0 saturated carbocycles. The van der Waals surface area contributed by atoms with Crippen molar-refractivity contribution in [3.05, 3.63) is 235 Å². The molecule has 1 unspecified atom stereocenters. The predicted octanol–water partition coefficient (Wildman–Crippen LogP) is 15.4. The van der Waals surface area contributed by atoms with Gasteiger partial charge in [0.25, 0.3) is 0 Å². The Bertz CT molecular complexity index is 3810. The number of aromatic nitrogens is 4. The van der Waals surface area contributed by atoms with Crippen molar-refractivity contribution < 1.29 is 0 Å². The van der Waals surface area contributed by atoms with Crippen LogP contribution in [0.15, 0.2) is 212 Å². The zero-order valence-corrected chi connectivity index (χ0v) is 35.7. The maximum Gasteiger partial charge on any atom is 0.163 e. The molecule has 0 bridgehead atoms. The summed E-state index contributed by atoms with van der Waals surface area (Å²) in [7, 11) is 0. The number of rotatable bonds is 6. The van der Waals surface area contributed by atoms with Gasteiger partial charge in [-0.3, -0.25) is 0 Å². The quantitative estimate of drug-likeness (QED) is 0.157. The van der Waals surface area contributed by atoms with Crippen LogP contribution < -0.4 is 0 Å². The number of hydrogen-bond donors (Lipinski definition) is 0. The van der Waals surface area contributed by atoms with Crippen LogP contribution in [-0.2, 0) is 6.42 Å². The van der Waals surface area contributed by atoms with Crippen LogP contribution in [0.2, 0.25) is 0 Å². The van der Waals surface area contributed by atoms with Gasteiger partial charge in [-0.15, -0.1) is 0 Å². The lowest BCUT2D eigenvalue weighted by Crippen LogP contribution is -2.08. The molecule has 11 aromatic rings. The Hall–Kier alpha value is -8.21. The van der Waals surface area contributed by atoms with E-state index < -0.39 is 0 Å². The number of nitrogens with zero attached hydrogens (tertiary/aromatic N) is 4. The van der Waals surface area contributed by atoms with Gasteiger partial charge in [0.15, 0.2) is 11.6 Å². The molecule has 2 aliphatic carbocycles. The van der Waals surface area contributed by atoms with Crippen LogP contribution in [0.3, 0.4) is 0 Å². The molecule has 306 valence electrons. The van der Waals surface area contributed by atoms with Gasteiger partial charge >= 0.3 is 0 Å². The van der Waals surface area contributed by atoms with Gasteiger partial charge in [-0.2, -0.15) is 0 Å². The Morgan fingerprint density at radius 3 is 2.02 bits per heavy atom. The monoisotopic (exact) mass is 830 g/mol. The molecule has 0 radical (unpaired) electrons. The van der Waals surface area contributed by atoms with Gasteiger partial charge in [-0.25, -0.2) is 15.0 Å². The summed E-state index contributed by atoms with van der Waals surface area (Å²) in [5.41, 5.74) is 13.1. The van der Waals surface area contributed by atoms with Crippen molar-refractivity contribution in [3.8, 4) is 39.6 Å². The van der Waals surface area contributed by atoms with Gasteiger partial charge in [0.1, 0.15) is 5.82 Å². The molecule has 0 amide bonds. The SMILES string of the molecule is C1=CCC(c2nc(-c3ccccc3)nc(-c3cccc(C4=CCCc5c4c4ccc(-c6ccc7c(c6)c6ccccc6n7-c6ccc7ccccc7c6)cc4c4ccccc54)c3)n2)C=C1. The van der Waals surface area contributed by atoms with Crippen molar-refractivity contribution in [2.24, 2.45) is 0 Å². The molecule has 65 heavy (non-hydrogen) atoms. The second-order valence-corrected chi connectivity index (χ2v) is 17.4. The second kappa shape index (κ2) is 15.3. The minimum Gasteiger partial charge on any atom is -0.309 e. The molecule has 13 rings (SSSR count). The van der Waals surface area contributed by atoms with Crippen molar-refractivity contribution in [3.63, 3.8) is 0 Å². The van der Waals surface area contributed by atoms with E-state index in [-0.39, 0.29) is 5.92 Å². The molecular formula is C61H42N4. The van der Waals surface area contributed by atoms with Crippen molar-refractivity contribution >= 4 is 59.7 Å². The van der Waals surface area contributed by atoms with Crippen molar-refractivity contribution in [1.82, 2.24) is 19.5 Å². The van der Waals surface area contributed by atoms with Crippen LogP contribution in [0.4, 0.5) is 0 Å². The summed E-state index contributed by atoms with van der Waals surface area (Å²) in [4.78, 5) is 15.3. The third-order valence-corrected chi connectivity index (χ3v) is 13.6. The highest BCUT2D eigenvalue weighted by Gasteiger charge is 2.23. The highest BCUT2D eigenvalue weighted by Crippen LogP contribution is 2.44. The third kappa shape index (κ3) is 6.32. The first kappa shape index (κ1) is 37.4. The highest BCUT2D eigenvalue weighted by molar-refractivity contribution is 6.17. The number of hydrogen-bond acceptors (Lipinski definition) is 3. The van der Waals surface area contributed by atoms with E-state index in [9.17, 15) is 0 Å². The third-order valence-electron chi connectivity index (χ3n) is 13.6. The van der Waals surface area contributed by atoms with E-state index in [1.54, 1.807) is 0 Å². The fourth-order valence-corrected chi connectivity index (χ4v) is 10.5. The molecule has 9 aromatic carbocycles. The van der Waals surface area contributed by atoms with Crippen molar-refractivity contribution in [1.29, 1.82) is 0 Å². The molecule has 0 saturated heterocycles. The van der Waals surface area contributed by atoms with Crippen LogP contribution in [0.25, 0.3) is 99.3 Å². The van der Waals surface area contributed by atoms with E-state index in [1.807, 2.05) is 18.2 Å². The number of para-hydroxylation sites is 1. The zero-order valence-electron chi connectivity index (χ0n) is 35.7. The summed E-state index contributed by atoms with van der Waals surface area (Å²) < 4.78 is 2.41. The normalized spacial score (nSPS) is 14.7. The Morgan fingerprint density at radius 1 is 0.446 bits per heavy atom. The summed E-state index contributed by atoms with van der Waals surface area (Å²) in [6.07, 6.45) is 13.8. The smallest absolute Gasteiger partial charge is 0.163 e. The Kier molecular flexibility index (Phi) is 8.76. The maximum atomic E-state index is 5.15. The molecular weight excluding hydrogens is 789 g/mol. The van der Waals surface area contributed by atoms with Crippen molar-refractivity contribution in [2.75, 3.05) is 0 Å². The lowest BCUT2D eigenvalue weighted by Gasteiger charge is -2.24. The second-order valence-electron chi connectivity index (χ2n) is 17.4. The molecule has 0 aliphatic heterocycles. The number of aryl methyl sites for hydroxylation is 1. The molecule has 4 nitrogen and oxygen atoms in total. The molecule has 0 fully saturated rings. The average Bonchev–Trinajstić information content (AvgIpc) is 3.72. The first-order valence-electron chi connectivity index (χ1n) is 22.7. The summed E-state index contributed by atoms with van der Waals surface area (Å²) in [6.45, 7) is 0. The highest BCUT2D eigenvalue weighted by atomic mass is 15.0. The fourth-order valence-electron chi connectivity index (χ4n) is 10.5. The molecule has 0 N–H and O–H groups in total. The van der Waals surface area contributed by atoms with E-state index in [1.165, 1.54) is 93.2 Å². The topological polar surface area (TPSA) is 43.6 Å². The molecule has 0 spiro atoms. The Balaban J connectivity index is 0.937. The van der Waals surface area contributed by atoms with Gasteiger partial charge < -0.3 is 4.57 Å². The number of fused-ring (bicyclic) bond motifs is 10. The summed E-state index contributed by atoms with van der Waals surface area (Å²) in [5.74, 6) is 2.29. The van der Waals surface area contributed by atoms with E-state index in [4.69, 9.17) is 15.0 Å². The molecule has 4 heteroatoms. The number of benzene rings is 9. The Morgan fingerprint density at radius 2 is 1.15 bits per heavy atom. The molecule has 2 aromatic heterocycles. The fraction of sp³-hybridized carbons (Fsp3) is 0.0656. The standard InChI is InChI=1S/C61H42N4/c1-3-16-40(17-4-1)59-62-60(41-18-5-2-6-19-41)64-61(63-59)46-22-13-21-45(35-46)48-26-14-27-52-49-23-9-10-24-50(49)54-37-43(30-33-53(54)58(48)52)44-31-34-57-55(38-44)51-25-11-12-28-56(51)65(57)47-32-29-39-15-7-8-20-42(39)36-47/h1-13,15-18,20-26,28-38,41H,14,19,27H2. The van der Waals surface area contributed by atoms with Gasteiger partial charge in [-0.05, 0) is 127 Å². The van der Waals surface area contributed by atoms with Gasteiger partial charge in [0, 0.05) is 33.5 Å². The lowest BCUT2D eigenvalue weighted by atomic mass is 9.80. The molecule has 1 atom stereocenters. The van der Waals surface area contributed by atoms with E-state index in [0.29, 0.717) is 11.6 Å². The molecule has 2 aliphatic rings. The maximum absolute atomic E-state index is 5.15. The van der Waals surface area contributed by atoms with Gasteiger partial charge in [0.05, 0.1) is 11.0 Å². The predicted molar refractivity (Wildman–Crippen MR) is 270 cm³/mol. The van der Waals surface area contributed by atoms with E-state index in [0.717, 1.165) is 36.2 Å². The summed E-state index contributed by atoms with van der Waals surface area (Å²) in [5, 5.41) is 10.2. The van der Waals surface area contributed by atoms with Gasteiger partial charge in [0.2, 0.25) is 0 Å². The largest absolute Gasteiger partial charge is 0.309 e.